The quantitative estimate of drug-likeness (QED) is 0.669. The molecule has 1 aliphatic rings. The third-order valence-electron chi connectivity index (χ3n) is 6.01. The van der Waals surface area contributed by atoms with Gasteiger partial charge >= 0.3 is 0 Å². The number of ether oxygens (including phenoxy) is 1. The van der Waals surface area contributed by atoms with Gasteiger partial charge in [0.2, 0.25) is 0 Å². The second-order valence-electron chi connectivity index (χ2n) is 6.85. The maximum atomic E-state index is 5.71. The van der Waals surface area contributed by atoms with Crippen LogP contribution in [0.15, 0.2) is 0 Å². The molecule has 0 saturated heterocycles. The summed E-state index contributed by atoms with van der Waals surface area (Å²) >= 11 is 0. The predicted octanol–water partition coefficient (Wildman–Crippen LogP) is 4.12. The molecule has 0 spiro atoms. The van der Waals surface area contributed by atoms with Crippen LogP contribution in [0, 0.1) is 22.2 Å². The van der Waals surface area contributed by atoms with Crippen LogP contribution >= 0.6 is 0 Å². The molecule has 0 heterocycles. The number of methoxy groups -OCH3 is 1. The normalized spacial score (nSPS) is 38.6. The van der Waals surface area contributed by atoms with Gasteiger partial charge in [0.1, 0.15) is 0 Å². The summed E-state index contributed by atoms with van der Waals surface area (Å²) < 4.78 is 5.71. The van der Waals surface area contributed by atoms with Crippen LogP contribution in [0.4, 0.5) is 0 Å². The molecule has 0 bridgehead atoms. The number of hydrogen-bond acceptors (Lipinski definition) is 1. The van der Waals surface area contributed by atoms with Crippen LogP contribution in [0.5, 0.6) is 0 Å². The van der Waals surface area contributed by atoms with Crippen LogP contribution in [-0.2, 0) is 4.74 Å². The molecule has 1 heteroatoms. The predicted molar refractivity (Wildman–Crippen MR) is 65.9 cm³/mol. The Labute approximate surface area is 95.6 Å². The highest BCUT2D eigenvalue weighted by Gasteiger charge is 2.61. The van der Waals surface area contributed by atoms with Crippen molar-refractivity contribution in [2.24, 2.45) is 22.2 Å². The van der Waals surface area contributed by atoms with Crippen molar-refractivity contribution in [2.75, 3.05) is 7.11 Å². The first-order valence-electron chi connectivity index (χ1n) is 6.14. The Hall–Kier alpha value is -0.0400. The zero-order valence-corrected chi connectivity index (χ0v) is 11.8. The van der Waals surface area contributed by atoms with E-state index in [1.54, 1.807) is 0 Å². The van der Waals surface area contributed by atoms with E-state index in [2.05, 4.69) is 48.5 Å². The first-order chi connectivity index (χ1) is 6.61. The molecule has 1 rings (SSSR count). The summed E-state index contributed by atoms with van der Waals surface area (Å²) in [5.74, 6) is 0.701. The van der Waals surface area contributed by atoms with E-state index >= 15 is 0 Å². The molecule has 0 amide bonds. The lowest BCUT2D eigenvalue weighted by Crippen LogP contribution is -2.43. The molecule has 1 aliphatic carbocycles. The SMILES string of the molecule is COC1CC(C)(C(C)C)C(C)(C)C1(C)C. The molecule has 15 heavy (non-hydrogen) atoms. The summed E-state index contributed by atoms with van der Waals surface area (Å²) in [6.45, 7) is 16.6. The van der Waals surface area contributed by atoms with Crippen molar-refractivity contribution in [1.29, 1.82) is 0 Å². The summed E-state index contributed by atoms with van der Waals surface area (Å²) in [5.41, 5.74) is 0.937. The van der Waals surface area contributed by atoms with Gasteiger partial charge < -0.3 is 4.74 Å². The third kappa shape index (κ3) is 1.46. The second kappa shape index (κ2) is 3.48. The molecule has 1 fully saturated rings. The van der Waals surface area contributed by atoms with E-state index in [1.165, 1.54) is 6.42 Å². The van der Waals surface area contributed by atoms with Gasteiger partial charge in [-0.3, -0.25) is 0 Å². The van der Waals surface area contributed by atoms with Gasteiger partial charge in [0.15, 0.2) is 0 Å². The average Bonchev–Trinajstić information content (AvgIpc) is 2.24. The average molecular weight is 212 g/mol. The van der Waals surface area contributed by atoms with Crippen molar-refractivity contribution in [3.8, 4) is 0 Å². The number of rotatable bonds is 2. The molecule has 1 saturated carbocycles. The zero-order chi connectivity index (χ0) is 12.1. The van der Waals surface area contributed by atoms with Crippen LogP contribution in [0.3, 0.4) is 0 Å². The summed E-state index contributed by atoms with van der Waals surface area (Å²) in [6, 6.07) is 0. The highest BCUT2D eigenvalue weighted by molar-refractivity contribution is 5.10. The molecule has 0 aromatic carbocycles. The van der Waals surface area contributed by atoms with Gasteiger partial charge in [-0.05, 0) is 28.6 Å². The lowest BCUT2D eigenvalue weighted by Gasteiger charge is -2.48. The summed E-state index contributed by atoms with van der Waals surface area (Å²) in [5, 5.41) is 0. The molecular formula is C14H28O. The van der Waals surface area contributed by atoms with Gasteiger partial charge in [0, 0.05) is 7.11 Å². The van der Waals surface area contributed by atoms with Crippen LogP contribution in [-0.4, -0.2) is 13.2 Å². The Kier molecular flexibility index (Phi) is 3.02. The largest absolute Gasteiger partial charge is 0.381 e. The van der Waals surface area contributed by atoms with E-state index in [-0.39, 0.29) is 5.41 Å². The van der Waals surface area contributed by atoms with Crippen molar-refractivity contribution in [2.45, 2.75) is 61.0 Å². The molecule has 2 unspecified atom stereocenters. The van der Waals surface area contributed by atoms with E-state index < -0.39 is 0 Å². The first-order valence-corrected chi connectivity index (χ1v) is 6.14. The molecule has 0 aromatic rings. The topological polar surface area (TPSA) is 9.23 Å². The van der Waals surface area contributed by atoms with Crippen LogP contribution < -0.4 is 0 Å². The minimum Gasteiger partial charge on any atom is -0.381 e. The fraction of sp³-hybridized carbons (Fsp3) is 1.00. The number of hydrogen-bond donors (Lipinski definition) is 0. The Morgan fingerprint density at radius 3 is 1.73 bits per heavy atom. The lowest BCUT2D eigenvalue weighted by molar-refractivity contribution is -0.0348. The second-order valence-corrected chi connectivity index (χ2v) is 6.85. The zero-order valence-electron chi connectivity index (χ0n) is 11.8. The Morgan fingerprint density at radius 2 is 1.53 bits per heavy atom. The Bertz CT molecular complexity index is 237. The smallest absolute Gasteiger partial charge is 0.0633 e. The minimum absolute atomic E-state index is 0.251. The van der Waals surface area contributed by atoms with Crippen LogP contribution in [0.2, 0.25) is 0 Å². The van der Waals surface area contributed by atoms with Crippen molar-refractivity contribution in [1.82, 2.24) is 0 Å². The van der Waals surface area contributed by atoms with Crippen molar-refractivity contribution in [3.63, 3.8) is 0 Å². The van der Waals surface area contributed by atoms with Crippen molar-refractivity contribution >= 4 is 0 Å². The monoisotopic (exact) mass is 212 g/mol. The van der Waals surface area contributed by atoms with E-state index in [4.69, 9.17) is 4.74 Å². The van der Waals surface area contributed by atoms with E-state index in [0.29, 0.717) is 22.9 Å². The molecular weight excluding hydrogens is 184 g/mol. The van der Waals surface area contributed by atoms with Gasteiger partial charge in [-0.15, -0.1) is 0 Å². The molecule has 0 radical (unpaired) electrons. The fourth-order valence-electron chi connectivity index (χ4n) is 3.37. The molecule has 0 aromatic heterocycles. The van der Waals surface area contributed by atoms with E-state index in [1.807, 2.05) is 7.11 Å². The van der Waals surface area contributed by atoms with E-state index in [9.17, 15) is 0 Å². The maximum absolute atomic E-state index is 5.71. The van der Waals surface area contributed by atoms with Gasteiger partial charge in [-0.2, -0.15) is 0 Å². The molecule has 0 N–H and O–H groups in total. The van der Waals surface area contributed by atoms with E-state index in [0.717, 1.165) is 0 Å². The standard InChI is InChI=1S/C14H28O/c1-10(2)14(7)9-11(15-8)12(3,4)13(14,5)6/h10-11H,9H2,1-8H3. The summed E-state index contributed by atoms with van der Waals surface area (Å²) in [4.78, 5) is 0. The van der Waals surface area contributed by atoms with Gasteiger partial charge in [0.25, 0.3) is 0 Å². The fourth-order valence-corrected chi connectivity index (χ4v) is 3.37. The highest BCUT2D eigenvalue weighted by Crippen LogP contribution is 2.65. The molecule has 90 valence electrons. The van der Waals surface area contributed by atoms with Gasteiger partial charge in [-0.1, -0.05) is 48.5 Å². The molecule has 2 atom stereocenters. The first kappa shape index (κ1) is 13.0. The van der Waals surface area contributed by atoms with Crippen molar-refractivity contribution < 1.29 is 4.74 Å². The third-order valence-corrected chi connectivity index (χ3v) is 6.01. The lowest BCUT2D eigenvalue weighted by atomic mass is 9.56. The Balaban J connectivity index is 3.18. The molecule has 1 nitrogen and oxygen atoms in total. The van der Waals surface area contributed by atoms with Crippen molar-refractivity contribution in [3.05, 3.63) is 0 Å². The van der Waals surface area contributed by atoms with Gasteiger partial charge in [-0.25, -0.2) is 0 Å². The van der Waals surface area contributed by atoms with Crippen LogP contribution in [0.25, 0.3) is 0 Å². The van der Waals surface area contributed by atoms with Gasteiger partial charge in [0.05, 0.1) is 6.10 Å². The Morgan fingerprint density at radius 1 is 1.07 bits per heavy atom. The minimum atomic E-state index is 0.251. The van der Waals surface area contributed by atoms with Crippen LogP contribution in [0.1, 0.15) is 54.9 Å². The highest BCUT2D eigenvalue weighted by atomic mass is 16.5. The summed E-state index contributed by atoms with van der Waals surface area (Å²) in [7, 11) is 1.86. The summed E-state index contributed by atoms with van der Waals surface area (Å²) in [6.07, 6.45) is 1.57. The molecule has 0 aliphatic heterocycles. The maximum Gasteiger partial charge on any atom is 0.0633 e.